The lowest BCUT2D eigenvalue weighted by molar-refractivity contribution is 0.384. The number of anilines is 1. The summed E-state index contributed by atoms with van der Waals surface area (Å²) < 4.78 is 41.0. The zero-order chi connectivity index (χ0) is 18.1. The van der Waals surface area contributed by atoms with Crippen LogP contribution in [-0.4, -0.2) is 38.9 Å². The lowest BCUT2D eigenvalue weighted by Gasteiger charge is -2.35. The van der Waals surface area contributed by atoms with Gasteiger partial charge in [0.2, 0.25) is 10.0 Å². The molecular weight excluding hydrogens is 351 g/mol. The smallest absolute Gasteiger partial charge is 0.243 e. The van der Waals surface area contributed by atoms with Crippen LogP contribution in [0.1, 0.15) is 24.0 Å². The molecule has 0 saturated carbocycles. The molecule has 4 rings (SSSR count). The van der Waals surface area contributed by atoms with Crippen molar-refractivity contribution in [2.24, 2.45) is 0 Å². The Morgan fingerprint density at radius 2 is 1.58 bits per heavy atom. The van der Waals surface area contributed by atoms with Crippen molar-refractivity contribution < 1.29 is 12.8 Å². The Bertz CT molecular complexity index is 906. The van der Waals surface area contributed by atoms with Crippen LogP contribution < -0.4 is 4.90 Å². The van der Waals surface area contributed by atoms with Gasteiger partial charge in [-0.15, -0.1) is 0 Å². The molecule has 1 saturated heterocycles. The number of hydrogen-bond acceptors (Lipinski definition) is 3. The molecule has 2 aliphatic rings. The fraction of sp³-hybridized carbons (Fsp3) is 0.400. The Balaban J connectivity index is 1.50. The minimum Gasteiger partial charge on any atom is -0.369 e. The first-order valence-electron chi connectivity index (χ1n) is 9.16. The van der Waals surface area contributed by atoms with Crippen molar-refractivity contribution in [1.29, 1.82) is 0 Å². The molecule has 4 nitrogen and oxygen atoms in total. The van der Waals surface area contributed by atoms with Gasteiger partial charge < -0.3 is 4.90 Å². The molecule has 1 aliphatic carbocycles. The molecule has 0 aromatic heterocycles. The molecular formula is C20H23FN2O2S. The number of sulfonamides is 1. The lowest BCUT2D eigenvalue weighted by Crippen LogP contribution is -2.48. The summed E-state index contributed by atoms with van der Waals surface area (Å²) in [5.74, 6) is -0.272. The van der Waals surface area contributed by atoms with Gasteiger partial charge in [-0.25, -0.2) is 12.8 Å². The highest BCUT2D eigenvalue weighted by atomic mass is 32.2. The molecule has 0 bridgehead atoms. The van der Waals surface area contributed by atoms with Gasteiger partial charge in [-0.1, -0.05) is 12.1 Å². The van der Waals surface area contributed by atoms with E-state index >= 15 is 0 Å². The Morgan fingerprint density at radius 1 is 0.846 bits per heavy atom. The number of fused-ring (bicyclic) bond motifs is 1. The second-order valence-corrected chi connectivity index (χ2v) is 8.95. The van der Waals surface area contributed by atoms with Gasteiger partial charge in [0.15, 0.2) is 0 Å². The van der Waals surface area contributed by atoms with Crippen LogP contribution in [0.3, 0.4) is 0 Å². The van der Waals surface area contributed by atoms with Gasteiger partial charge in [0.1, 0.15) is 5.82 Å². The highest BCUT2D eigenvalue weighted by Crippen LogP contribution is 2.27. The number of halogens is 1. The van der Waals surface area contributed by atoms with Gasteiger partial charge in [0, 0.05) is 31.9 Å². The number of hydrogen-bond donors (Lipinski definition) is 0. The summed E-state index contributed by atoms with van der Waals surface area (Å²) in [4.78, 5) is 2.43. The van der Waals surface area contributed by atoms with Crippen LogP contribution in [0.25, 0.3) is 0 Å². The number of rotatable bonds is 3. The molecule has 2 aromatic carbocycles. The van der Waals surface area contributed by atoms with Gasteiger partial charge in [0.25, 0.3) is 0 Å². The summed E-state index contributed by atoms with van der Waals surface area (Å²) in [5, 5.41) is 0. The van der Waals surface area contributed by atoms with Crippen molar-refractivity contribution in [2.45, 2.75) is 30.6 Å². The molecule has 0 amide bonds. The fourth-order valence-electron chi connectivity index (χ4n) is 3.88. The topological polar surface area (TPSA) is 40.6 Å². The Labute approximate surface area is 154 Å². The second-order valence-electron chi connectivity index (χ2n) is 7.01. The van der Waals surface area contributed by atoms with Crippen LogP contribution in [0.15, 0.2) is 47.4 Å². The molecule has 0 N–H and O–H groups in total. The van der Waals surface area contributed by atoms with E-state index < -0.39 is 10.0 Å². The molecule has 0 atom stereocenters. The van der Waals surface area contributed by atoms with Crippen molar-refractivity contribution >= 4 is 15.7 Å². The van der Waals surface area contributed by atoms with E-state index in [1.807, 2.05) is 23.1 Å². The van der Waals surface area contributed by atoms with Gasteiger partial charge in [0.05, 0.1) is 4.90 Å². The molecule has 138 valence electrons. The summed E-state index contributed by atoms with van der Waals surface area (Å²) in [7, 11) is -3.48. The molecule has 6 heteroatoms. The summed E-state index contributed by atoms with van der Waals surface area (Å²) in [5.41, 5.74) is 3.26. The minimum atomic E-state index is -3.48. The van der Waals surface area contributed by atoms with Gasteiger partial charge in [-0.05, 0) is 67.1 Å². The molecule has 2 aromatic rings. The summed E-state index contributed by atoms with van der Waals surface area (Å²) >= 11 is 0. The first-order valence-corrected chi connectivity index (χ1v) is 10.6. The van der Waals surface area contributed by atoms with E-state index in [0.717, 1.165) is 24.9 Å². The van der Waals surface area contributed by atoms with Crippen molar-refractivity contribution in [3.63, 3.8) is 0 Å². The molecule has 26 heavy (non-hydrogen) atoms. The van der Waals surface area contributed by atoms with Crippen molar-refractivity contribution in [3.05, 3.63) is 59.4 Å². The number of benzene rings is 2. The monoisotopic (exact) mass is 374 g/mol. The number of aryl methyl sites for hydroxylation is 2. The van der Waals surface area contributed by atoms with Crippen molar-refractivity contribution in [1.82, 2.24) is 4.31 Å². The largest absolute Gasteiger partial charge is 0.369 e. The van der Waals surface area contributed by atoms with Gasteiger partial charge in [-0.2, -0.15) is 4.31 Å². The molecule has 0 spiro atoms. The van der Waals surface area contributed by atoms with E-state index in [0.29, 0.717) is 31.1 Å². The highest BCUT2D eigenvalue weighted by molar-refractivity contribution is 7.89. The van der Waals surface area contributed by atoms with E-state index in [9.17, 15) is 12.8 Å². The Morgan fingerprint density at radius 3 is 2.31 bits per heavy atom. The molecule has 1 aliphatic heterocycles. The second kappa shape index (κ2) is 7.00. The maximum absolute atomic E-state index is 13.4. The highest BCUT2D eigenvalue weighted by Gasteiger charge is 2.29. The zero-order valence-electron chi connectivity index (χ0n) is 14.7. The first kappa shape index (κ1) is 17.5. The normalized spacial score (nSPS) is 18.6. The molecule has 0 radical (unpaired) electrons. The van der Waals surface area contributed by atoms with Crippen LogP contribution in [0, 0.1) is 5.82 Å². The zero-order valence-corrected chi connectivity index (χ0v) is 15.5. The summed E-state index contributed by atoms with van der Waals surface area (Å²) in [6.45, 7) is 1.95. The maximum Gasteiger partial charge on any atom is 0.243 e. The average molecular weight is 374 g/mol. The molecule has 1 heterocycles. The SMILES string of the molecule is O=S(=O)(c1ccc2c(c1)CCCC2)N1CCN(c2cccc(F)c2)CC1. The summed E-state index contributed by atoms with van der Waals surface area (Å²) in [6.07, 6.45) is 4.32. The van der Waals surface area contributed by atoms with Crippen LogP contribution in [0.4, 0.5) is 10.1 Å². The molecule has 0 unspecified atom stereocenters. The molecule has 1 fully saturated rings. The van der Waals surface area contributed by atoms with Crippen LogP contribution >= 0.6 is 0 Å². The first-order chi connectivity index (χ1) is 12.5. The van der Waals surface area contributed by atoms with Crippen molar-refractivity contribution in [2.75, 3.05) is 31.1 Å². The van der Waals surface area contributed by atoms with E-state index in [1.165, 1.54) is 29.7 Å². The minimum absolute atomic E-state index is 0.272. The third kappa shape index (κ3) is 3.35. The van der Waals surface area contributed by atoms with Crippen LogP contribution in [0.2, 0.25) is 0 Å². The third-order valence-corrected chi connectivity index (χ3v) is 7.26. The maximum atomic E-state index is 13.4. The fourth-order valence-corrected chi connectivity index (χ4v) is 5.35. The number of piperazine rings is 1. The van der Waals surface area contributed by atoms with E-state index in [4.69, 9.17) is 0 Å². The Kier molecular flexibility index (Phi) is 4.71. The standard InChI is InChI=1S/C20H23FN2O2S/c21-18-6-3-7-19(15-18)22-10-12-23(13-11-22)26(24,25)20-9-8-16-4-1-2-5-17(16)14-20/h3,6-9,14-15H,1-2,4-5,10-13H2. The van der Waals surface area contributed by atoms with Gasteiger partial charge in [-0.3, -0.25) is 0 Å². The van der Waals surface area contributed by atoms with Crippen molar-refractivity contribution in [3.8, 4) is 0 Å². The number of nitrogens with zero attached hydrogens (tertiary/aromatic N) is 2. The van der Waals surface area contributed by atoms with Crippen LogP contribution in [0.5, 0.6) is 0 Å². The van der Waals surface area contributed by atoms with E-state index in [2.05, 4.69) is 0 Å². The lowest BCUT2D eigenvalue weighted by atomic mass is 9.92. The predicted octanol–water partition coefficient (Wildman–Crippen LogP) is 3.22. The third-order valence-electron chi connectivity index (χ3n) is 5.37. The quantitative estimate of drug-likeness (QED) is 0.828. The summed E-state index contributed by atoms with van der Waals surface area (Å²) in [6, 6.07) is 12.0. The Hall–Kier alpha value is -1.92. The van der Waals surface area contributed by atoms with E-state index in [1.54, 1.807) is 16.4 Å². The van der Waals surface area contributed by atoms with E-state index in [-0.39, 0.29) is 5.82 Å². The van der Waals surface area contributed by atoms with Gasteiger partial charge >= 0.3 is 0 Å². The predicted molar refractivity (Wildman–Crippen MR) is 100 cm³/mol. The van der Waals surface area contributed by atoms with Crippen LogP contribution in [-0.2, 0) is 22.9 Å². The average Bonchev–Trinajstić information content (AvgIpc) is 2.67.